The van der Waals surface area contributed by atoms with E-state index in [1.807, 2.05) is 252 Å². The average molecular weight is 2180 g/mol. The van der Waals surface area contributed by atoms with E-state index in [4.69, 9.17) is 5.11 Å². The second-order valence-electron chi connectivity index (χ2n) is 32.9. The van der Waals surface area contributed by atoms with Crippen LogP contribution in [0.15, 0.2) is 194 Å². The molecule has 7 aromatic carbocycles. The first-order valence-electron chi connectivity index (χ1n) is 43.5. The molecule has 0 aliphatic rings. The van der Waals surface area contributed by atoms with E-state index >= 15 is 0 Å². The molecule has 0 atom stereocenters. The quantitative estimate of drug-likeness (QED) is 0.00780. The maximum Gasteiger partial charge on any atom is 0.338 e. The fourth-order valence-corrected chi connectivity index (χ4v) is 15.5. The normalized spacial score (nSPS) is 10.7. The van der Waals surface area contributed by atoms with Crippen LogP contribution in [0, 0.1) is 34.2 Å². The summed E-state index contributed by atoms with van der Waals surface area (Å²) < 4.78 is 37.8. The molecule has 0 amide bonds. The Balaban J connectivity index is 0.000000244. The number of nitrogens with zero attached hydrogens (tertiary/aromatic N) is 11. The van der Waals surface area contributed by atoms with Crippen LogP contribution in [0.4, 0.5) is 8.78 Å². The molecule has 0 fully saturated rings. The van der Waals surface area contributed by atoms with Crippen LogP contribution < -0.4 is 62.8 Å². The molecule has 0 spiro atoms. The molecule has 5 aromatic heterocycles. The van der Waals surface area contributed by atoms with E-state index in [0.717, 1.165) is 128 Å². The number of allylic oxidation sites excluding steroid dienone is 1. The molecule has 32 heteroatoms. The number of aromatic nitrogens is 5. The van der Waals surface area contributed by atoms with Gasteiger partial charge in [-0.2, -0.15) is 0 Å². The minimum absolute atomic E-state index is 0.0269. The van der Waals surface area contributed by atoms with Crippen LogP contribution in [0.25, 0.3) is 54.5 Å². The highest BCUT2D eigenvalue weighted by Crippen LogP contribution is 2.24. The van der Waals surface area contributed by atoms with Crippen molar-refractivity contribution in [2.45, 2.75) is 120 Å². The standard InChI is InChI=1S/C18H24N2O2.C18H20N2O2.2C17H23N3O2.C13H13FINO2.C13H13IN2O2.C7H4FIO2/c2*1-5-6-7-8-14-9-10-17-15(11-14)18(22)16(13(2)21)12-20(17)19(3)4;2*1-12(21)15-11-20(19(3)4)16-8-7-13(6-5-9-18-2)10-14(16)17(15)22;1-8(17)11(7-16(2)3)13(18)10-6-9(15)4-5-12(10)14;1-8(17)11-7-16(15(2)3)12-5-4-9(14)6-10(12)13(11)18;8-6-2-1-4(9)3-5(6)7(10)11/h9-12H,5-8H2,1-4H3;9-12H,5-6H2,1-4H3;2*7-8,10-11,18H,5-6,9H2,1-4H3;2*4-7H,1-3H3;1-3H,(H,10,11)/b;;;;11-7+;;. The Morgan fingerprint density at radius 3 is 0.970 bits per heavy atom. The number of carbonyl (C=O) groups excluding carboxylic acids is 7. The molecule has 5 heterocycles. The lowest BCUT2D eigenvalue weighted by Gasteiger charge is -2.20. The van der Waals surface area contributed by atoms with Crippen molar-refractivity contribution in [3.8, 4) is 11.8 Å². The Labute approximate surface area is 826 Å². The summed E-state index contributed by atoms with van der Waals surface area (Å²) in [6, 6.07) is 37.2. The largest absolute Gasteiger partial charge is 0.478 e. The summed E-state index contributed by atoms with van der Waals surface area (Å²) >= 11 is 6.07. The maximum atomic E-state index is 13.6. The van der Waals surface area contributed by atoms with E-state index < -0.39 is 23.4 Å². The molecule has 0 radical (unpaired) electrons. The predicted molar refractivity (Wildman–Crippen MR) is 566 cm³/mol. The van der Waals surface area contributed by atoms with Gasteiger partial charge in [-0.05, 0) is 307 Å². The van der Waals surface area contributed by atoms with E-state index in [1.165, 1.54) is 84.8 Å². The number of ketones is 7. The van der Waals surface area contributed by atoms with Crippen LogP contribution in [-0.4, -0.2) is 192 Å². The predicted octanol–water partition coefficient (Wildman–Crippen LogP) is 15.6. The molecule has 135 heavy (non-hydrogen) atoms. The van der Waals surface area contributed by atoms with Crippen molar-refractivity contribution in [3.05, 3.63) is 305 Å². The third-order valence-electron chi connectivity index (χ3n) is 20.9. The zero-order valence-corrected chi connectivity index (χ0v) is 87.1. The third kappa shape index (κ3) is 30.7. The SMILES string of the molecule is CC(=O)/C(=C\N(C)C)C(=O)c1cc(I)ccc1F.CC(=O)c1cn(N(C)C)c2ccc(I)cc2c1=O.CCCC#Cc1ccc2c(c1)c(=O)c(C(C)=O)cn2N(C)C.CCCCCc1ccc2c(c1)c(=O)c(C(C)=O)cn2N(C)C.CNCCCc1ccc2c(c1)c(=O)c(C(C)=O)cn2N(C)C.CNCCCc1ccc2c(c1)c(=O)c(C(C)=O)cn2N(C)C.O=C(O)c1cc(I)ccc1F. The number of halogens is 5. The van der Waals surface area contributed by atoms with Crippen molar-refractivity contribution < 1.29 is 52.2 Å². The molecular formula is C103H120F2I3N13O14. The van der Waals surface area contributed by atoms with Gasteiger partial charge in [-0.25, -0.2) is 13.6 Å². The number of carboxylic acid groups (broad SMARTS) is 1. The first kappa shape index (κ1) is 112. The molecule has 12 rings (SSSR count). The lowest BCUT2D eigenvalue weighted by molar-refractivity contribution is -0.113. The van der Waals surface area contributed by atoms with Crippen molar-refractivity contribution in [2.75, 3.05) is 137 Å². The molecule has 0 bridgehead atoms. The van der Waals surface area contributed by atoms with Gasteiger partial charge in [-0.15, -0.1) is 0 Å². The molecular weight excluding hydrogens is 2060 g/mol. The second-order valence-corrected chi connectivity index (χ2v) is 36.7. The molecule has 12 aromatic rings. The fraction of sp³-hybridized carbons (Fsp3) is 0.330. The topological polar surface area (TPSA) is 310 Å². The number of unbranched alkanes of at least 4 members (excludes halogenated alkanes) is 3. The van der Waals surface area contributed by atoms with Gasteiger partial charge in [0.2, 0.25) is 5.78 Å². The minimum Gasteiger partial charge on any atom is -0.478 e. The number of hydrogen-bond donors (Lipinski definition) is 3. The summed E-state index contributed by atoms with van der Waals surface area (Å²) in [7, 11) is 26.0. The van der Waals surface area contributed by atoms with Crippen molar-refractivity contribution in [3.63, 3.8) is 0 Å². The molecule has 0 saturated heterocycles. The van der Waals surface area contributed by atoms with Crippen LogP contribution in [0.2, 0.25) is 0 Å². The Morgan fingerprint density at radius 2 is 0.674 bits per heavy atom. The first-order chi connectivity index (χ1) is 63.7. The number of carbonyl (C=O) groups is 8. The van der Waals surface area contributed by atoms with Crippen molar-refractivity contribution >= 4 is 169 Å². The van der Waals surface area contributed by atoms with Gasteiger partial charge in [-0.1, -0.05) is 56.7 Å². The number of rotatable bonds is 28. The summed E-state index contributed by atoms with van der Waals surface area (Å²) in [5.41, 5.74) is 7.98. The van der Waals surface area contributed by atoms with Crippen molar-refractivity contribution in [1.82, 2.24) is 38.9 Å². The number of aromatic carboxylic acids is 1. The van der Waals surface area contributed by atoms with E-state index in [2.05, 4.69) is 65.0 Å². The Morgan fingerprint density at radius 1 is 0.378 bits per heavy atom. The highest BCUT2D eigenvalue weighted by Gasteiger charge is 2.24. The van der Waals surface area contributed by atoms with Gasteiger partial charge in [0.15, 0.2) is 61.8 Å². The van der Waals surface area contributed by atoms with Gasteiger partial charge in [0.1, 0.15) is 11.6 Å². The number of hydrogen-bond acceptors (Lipinski definition) is 21. The van der Waals surface area contributed by atoms with Gasteiger partial charge in [0.25, 0.3) is 0 Å². The number of nitrogens with one attached hydrogen (secondary N) is 2. The molecule has 0 saturated carbocycles. The summed E-state index contributed by atoms with van der Waals surface area (Å²) in [6.07, 6.45) is 19.6. The van der Waals surface area contributed by atoms with E-state index in [1.54, 1.807) is 66.8 Å². The van der Waals surface area contributed by atoms with E-state index in [-0.39, 0.29) is 106 Å². The molecule has 3 N–H and O–H groups in total. The number of benzene rings is 7. The van der Waals surface area contributed by atoms with Crippen LogP contribution in [0.3, 0.4) is 0 Å². The van der Waals surface area contributed by atoms with E-state index in [9.17, 15) is 71.1 Å². The fourth-order valence-electron chi connectivity index (χ4n) is 14.0. The van der Waals surface area contributed by atoms with Gasteiger partial charge in [0.05, 0.1) is 72.1 Å². The highest BCUT2D eigenvalue weighted by molar-refractivity contribution is 14.1. The number of fused-ring (bicyclic) bond motifs is 5. The number of pyridine rings is 5. The minimum atomic E-state index is -1.24. The van der Waals surface area contributed by atoms with Crippen LogP contribution >= 0.6 is 67.8 Å². The van der Waals surface area contributed by atoms with Crippen LogP contribution in [0.1, 0.15) is 195 Å². The van der Waals surface area contributed by atoms with E-state index in [0.29, 0.717) is 30.5 Å². The summed E-state index contributed by atoms with van der Waals surface area (Å²) in [5.74, 6) is 1.57. The third-order valence-corrected chi connectivity index (χ3v) is 22.9. The van der Waals surface area contributed by atoms with Crippen LogP contribution in [-0.2, 0) is 24.1 Å². The summed E-state index contributed by atoms with van der Waals surface area (Å²) in [6.45, 7) is 14.5. The summed E-state index contributed by atoms with van der Waals surface area (Å²) in [4.78, 5) is 156. The smallest absolute Gasteiger partial charge is 0.338 e. The lowest BCUT2D eigenvalue weighted by atomic mass is 10.0. The number of carboxylic acids is 1. The molecule has 0 aliphatic carbocycles. The maximum absolute atomic E-state index is 13.6. The second kappa shape index (κ2) is 52.6. The average Bonchev–Trinajstić information content (AvgIpc) is 0.786. The van der Waals surface area contributed by atoms with Gasteiger partial charge in [0, 0.05) is 171 Å². The monoisotopic (exact) mass is 2180 g/mol. The number of Topliss-reactive ketones (excluding diaryl/α,β-unsaturated/α-hetero) is 7. The van der Waals surface area contributed by atoms with Crippen molar-refractivity contribution in [2.24, 2.45) is 0 Å². The number of aryl methyl sites for hydroxylation is 3. The Hall–Kier alpha value is -12.2. The zero-order chi connectivity index (χ0) is 101. The Bertz CT molecular complexity index is 6530. The lowest BCUT2D eigenvalue weighted by Crippen LogP contribution is -2.29. The molecule has 27 nitrogen and oxygen atoms in total. The molecule has 0 unspecified atom stereocenters. The Kier molecular flexibility index (Phi) is 43.5. The van der Waals surface area contributed by atoms with Gasteiger partial charge < -0.3 is 45.7 Å². The highest BCUT2D eigenvalue weighted by atomic mass is 127. The van der Waals surface area contributed by atoms with Gasteiger partial charge in [-0.3, -0.25) is 80.9 Å². The summed E-state index contributed by atoms with van der Waals surface area (Å²) in [5, 5.41) is 26.8. The molecule has 0 aliphatic heterocycles. The zero-order valence-electron chi connectivity index (χ0n) is 80.6. The van der Waals surface area contributed by atoms with Crippen LogP contribution in [0.5, 0.6) is 0 Å². The van der Waals surface area contributed by atoms with Crippen molar-refractivity contribution in [1.29, 1.82) is 0 Å². The first-order valence-corrected chi connectivity index (χ1v) is 46.8. The van der Waals surface area contributed by atoms with Gasteiger partial charge >= 0.3 is 5.97 Å². The molecule has 716 valence electrons.